The van der Waals surface area contributed by atoms with E-state index in [-0.39, 0.29) is 42.3 Å². The number of fused-ring (bicyclic) bond motifs is 1. The number of alkyl halides is 3. The molecule has 3 N–H and O–H groups in total. The third kappa shape index (κ3) is 5.85. The first-order valence-corrected chi connectivity index (χ1v) is 14.9. The van der Waals surface area contributed by atoms with Gasteiger partial charge in [-0.05, 0) is 49.8 Å². The summed E-state index contributed by atoms with van der Waals surface area (Å²) in [5.41, 5.74) is 3.76. The third-order valence-electron chi connectivity index (χ3n) is 9.29. The van der Waals surface area contributed by atoms with Crippen molar-refractivity contribution in [2.45, 2.75) is 64.6 Å². The lowest BCUT2D eigenvalue weighted by Gasteiger charge is -2.45. The SMILES string of the molecule is CC1CC(=O)N(C[C@@H]2c3c(OCC4=C(C(F)(F)F)N(C)NN4)ccc(Cl)c3CCN2C(=O)[C@@H]2CCCC[C@]2(C)C(=O)O)C1. The lowest BCUT2D eigenvalue weighted by Crippen LogP contribution is -2.52. The van der Waals surface area contributed by atoms with Gasteiger partial charge >= 0.3 is 12.1 Å². The molecule has 43 heavy (non-hydrogen) atoms. The molecule has 236 valence electrons. The maximum Gasteiger partial charge on any atom is 0.434 e. The Morgan fingerprint density at radius 3 is 2.65 bits per heavy atom. The molecular formula is C29H37ClF3N5O5. The average molecular weight is 628 g/mol. The summed E-state index contributed by atoms with van der Waals surface area (Å²) in [6, 6.07) is 2.45. The molecule has 14 heteroatoms. The second-order valence-electron chi connectivity index (χ2n) is 12.3. The Kier molecular flexibility index (Phi) is 8.51. The Hall–Kier alpha value is -3.19. The zero-order chi connectivity index (χ0) is 31.3. The summed E-state index contributed by atoms with van der Waals surface area (Å²) < 4.78 is 47.2. The zero-order valence-corrected chi connectivity index (χ0v) is 25.1. The molecule has 5 rings (SSSR count). The van der Waals surface area contributed by atoms with Crippen LogP contribution in [0, 0.1) is 17.3 Å². The van der Waals surface area contributed by atoms with E-state index in [4.69, 9.17) is 16.3 Å². The maximum atomic E-state index is 14.3. The largest absolute Gasteiger partial charge is 0.487 e. The molecule has 4 aliphatic rings. The van der Waals surface area contributed by atoms with Crippen LogP contribution < -0.4 is 15.7 Å². The van der Waals surface area contributed by atoms with Crippen LogP contribution >= 0.6 is 11.6 Å². The second-order valence-corrected chi connectivity index (χ2v) is 12.7. The number of hydrazine groups is 2. The number of benzene rings is 1. The van der Waals surface area contributed by atoms with Crippen molar-refractivity contribution in [1.29, 1.82) is 0 Å². The van der Waals surface area contributed by atoms with Crippen molar-refractivity contribution in [3.8, 4) is 5.75 Å². The molecule has 2 amide bonds. The number of hydrogen-bond acceptors (Lipinski definition) is 7. The van der Waals surface area contributed by atoms with Gasteiger partial charge in [-0.1, -0.05) is 31.4 Å². The summed E-state index contributed by atoms with van der Waals surface area (Å²) in [4.78, 5) is 42.9. The van der Waals surface area contributed by atoms with Crippen molar-refractivity contribution in [3.05, 3.63) is 39.7 Å². The summed E-state index contributed by atoms with van der Waals surface area (Å²) in [6.45, 7) is 4.00. The van der Waals surface area contributed by atoms with E-state index in [9.17, 15) is 32.7 Å². The Morgan fingerprint density at radius 2 is 2.00 bits per heavy atom. The van der Waals surface area contributed by atoms with Gasteiger partial charge < -0.3 is 25.1 Å². The number of aliphatic carboxylic acids is 1. The predicted octanol–water partition coefficient (Wildman–Crippen LogP) is 4.02. The van der Waals surface area contributed by atoms with Gasteiger partial charge in [-0.25, -0.2) is 0 Å². The number of halogens is 4. The number of carboxylic acids is 1. The topological polar surface area (TPSA) is 114 Å². The molecule has 0 spiro atoms. The molecule has 2 fully saturated rings. The van der Waals surface area contributed by atoms with Gasteiger partial charge in [0.05, 0.1) is 23.1 Å². The number of rotatable bonds is 7. The van der Waals surface area contributed by atoms with Crippen LogP contribution in [0.2, 0.25) is 5.02 Å². The fourth-order valence-corrected chi connectivity index (χ4v) is 7.24. The normalized spacial score (nSPS) is 27.8. The Balaban J connectivity index is 1.54. The van der Waals surface area contributed by atoms with E-state index in [1.165, 1.54) is 7.05 Å². The van der Waals surface area contributed by atoms with Crippen LogP contribution in [0.1, 0.15) is 63.1 Å². The highest BCUT2D eigenvalue weighted by Gasteiger charge is 2.50. The summed E-state index contributed by atoms with van der Waals surface area (Å²) in [7, 11) is 1.23. The summed E-state index contributed by atoms with van der Waals surface area (Å²) in [5, 5.41) is 11.4. The quantitative estimate of drug-likeness (QED) is 0.416. The van der Waals surface area contributed by atoms with Crippen LogP contribution in [0.25, 0.3) is 0 Å². The molecule has 1 aromatic carbocycles. The molecule has 0 radical (unpaired) electrons. The minimum Gasteiger partial charge on any atom is -0.487 e. The molecule has 1 unspecified atom stereocenters. The first-order valence-electron chi connectivity index (χ1n) is 14.5. The van der Waals surface area contributed by atoms with Crippen LogP contribution in [0.3, 0.4) is 0 Å². The highest BCUT2D eigenvalue weighted by atomic mass is 35.5. The molecule has 1 saturated heterocycles. The molecule has 1 saturated carbocycles. The van der Waals surface area contributed by atoms with Gasteiger partial charge in [0.1, 0.15) is 12.4 Å². The van der Waals surface area contributed by atoms with Crippen LogP contribution in [-0.2, 0) is 20.8 Å². The summed E-state index contributed by atoms with van der Waals surface area (Å²) >= 11 is 6.64. The highest BCUT2D eigenvalue weighted by molar-refractivity contribution is 6.31. The fourth-order valence-electron chi connectivity index (χ4n) is 6.98. The molecule has 1 aromatic rings. The molecule has 3 aliphatic heterocycles. The minimum atomic E-state index is -4.64. The minimum absolute atomic E-state index is 0.0613. The molecular weight excluding hydrogens is 591 g/mol. The first kappa shape index (κ1) is 31.2. The Bertz CT molecular complexity index is 1340. The van der Waals surface area contributed by atoms with Crippen LogP contribution in [0.4, 0.5) is 13.2 Å². The van der Waals surface area contributed by atoms with E-state index < -0.39 is 41.8 Å². The number of nitrogens with zero attached hydrogens (tertiary/aromatic N) is 3. The predicted molar refractivity (Wildman–Crippen MR) is 150 cm³/mol. The van der Waals surface area contributed by atoms with Crippen molar-refractivity contribution in [2.24, 2.45) is 17.3 Å². The fraction of sp³-hybridized carbons (Fsp3) is 0.621. The molecule has 4 atom stereocenters. The summed E-state index contributed by atoms with van der Waals surface area (Å²) in [5.74, 6) is -1.79. The van der Waals surface area contributed by atoms with E-state index in [0.717, 1.165) is 11.4 Å². The first-order chi connectivity index (χ1) is 20.2. The van der Waals surface area contributed by atoms with Gasteiger partial charge in [-0.2, -0.15) is 13.2 Å². The third-order valence-corrected chi connectivity index (χ3v) is 9.64. The van der Waals surface area contributed by atoms with Gasteiger partial charge in [0.2, 0.25) is 11.8 Å². The smallest absolute Gasteiger partial charge is 0.434 e. The molecule has 10 nitrogen and oxygen atoms in total. The molecule has 0 aromatic heterocycles. The van der Waals surface area contributed by atoms with E-state index in [2.05, 4.69) is 11.0 Å². The van der Waals surface area contributed by atoms with Crippen molar-refractivity contribution < 1.29 is 37.4 Å². The average Bonchev–Trinajstić information content (AvgIpc) is 3.48. The number of ether oxygens (including phenoxy) is 1. The van der Waals surface area contributed by atoms with E-state index in [1.807, 2.05) is 6.92 Å². The van der Waals surface area contributed by atoms with Gasteiger partial charge in [-0.15, -0.1) is 5.53 Å². The number of carbonyl (C=O) groups excluding carboxylic acids is 2. The number of amides is 2. The number of carboxylic acid groups (broad SMARTS) is 1. The van der Waals surface area contributed by atoms with Gasteiger partial charge in [0.15, 0.2) is 5.70 Å². The number of hydrogen-bond donors (Lipinski definition) is 3. The standard InChI is InChI=1S/C29H37ClF3N5O5/c1-16-12-23(39)37(13-16)14-21-24-17(9-11-38(21)26(40)18-6-4-5-10-28(18,2)27(41)42)19(30)7-8-22(24)43-15-20-25(29(31,32)33)36(3)35-34-20/h7-8,16,18,21,34-35H,4-6,9-15H2,1-3H3,(H,41,42)/t16?,18-,21+,28-/m0/s1. The van der Waals surface area contributed by atoms with Gasteiger partial charge in [0.25, 0.3) is 0 Å². The number of carbonyl (C=O) groups is 3. The van der Waals surface area contributed by atoms with E-state index >= 15 is 0 Å². The molecule has 3 heterocycles. The summed E-state index contributed by atoms with van der Waals surface area (Å²) in [6.07, 6.45) is -1.69. The lowest BCUT2D eigenvalue weighted by molar-refractivity contribution is -0.162. The zero-order valence-electron chi connectivity index (χ0n) is 24.4. The monoisotopic (exact) mass is 627 g/mol. The Morgan fingerprint density at radius 1 is 1.26 bits per heavy atom. The van der Waals surface area contributed by atoms with E-state index in [0.29, 0.717) is 54.8 Å². The maximum absolute atomic E-state index is 14.3. The van der Waals surface area contributed by atoms with E-state index in [1.54, 1.807) is 28.9 Å². The van der Waals surface area contributed by atoms with Crippen molar-refractivity contribution >= 4 is 29.4 Å². The van der Waals surface area contributed by atoms with Crippen molar-refractivity contribution in [3.63, 3.8) is 0 Å². The van der Waals surface area contributed by atoms with Gasteiger partial charge in [-0.3, -0.25) is 19.4 Å². The van der Waals surface area contributed by atoms with Crippen LogP contribution in [0.5, 0.6) is 5.75 Å². The number of nitrogens with one attached hydrogen (secondary N) is 2. The van der Waals surface area contributed by atoms with Crippen molar-refractivity contribution in [1.82, 2.24) is 25.8 Å². The molecule has 0 bridgehead atoms. The highest BCUT2D eigenvalue weighted by Crippen LogP contribution is 2.46. The number of allylic oxidation sites excluding steroid dienone is 1. The Labute approximate surface area is 253 Å². The number of likely N-dealkylation sites (tertiary alicyclic amines) is 1. The van der Waals surface area contributed by atoms with Crippen LogP contribution in [-0.4, -0.2) is 77.2 Å². The lowest BCUT2D eigenvalue weighted by atomic mass is 9.66. The second kappa shape index (κ2) is 11.7. The van der Waals surface area contributed by atoms with Crippen LogP contribution in [0.15, 0.2) is 23.5 Å². The van der Waals surface area contributed by atoms with Gasteiger partial charge in [0, 0.05) is 43.7 Å². The molecule has 1 aliphatic carbocycles. The van der Waals surface area contributed by atoms with Crippen molar-refractivity contribution in [2.75, 3.05) is 33.3 Å².